The summed E-state index contributed by atoms with van der Waals surface area (Å²) in [6, 6.07) is 0. The second kappa shape index (κ2) is 47.6. The molecular formula is C52H96O6. The molecule has 0 spiro atoms. The predicted molar refractivity (Wildman–Crippen MR) is 247 cm³/mol. The Hall–Kier alpha value is -2.11. The molecule has 0 aromatic rings. The molecule has 1 unspecified atom stereocenters. The van der Waals surface area contributed by atoms with Crippen LogP contribution in [-0.2, 0) is 28.6 Å². The van der Waals surface area contributed by atoms with Gasteiger partial charge in [0, 0.05) is 19.3 Å². The van der Waals surface area contributed by atoms with Crippen molar-refractivity contribution < 1.29 is 28.6 Å². The fraction of sp³-hybridized carbons (Fsp3) is 0.865. The number of rotatable bonds is 46. The Kier molecular flexibility index (Phi) is 45.8. The van der Waals surface area contributed by atoms with Crippen molar-refractivity contribution in [3.8, 4) is 0 Å². The van der Waals surface area contributed by atoms with E-state index >= 15 is 0 Å². The average Bonchev–Trinajstić information content (AvgIpc) is 3.22. The van der Waals surface area contributed by atoms with Crippen molar-refractivity contribution >= 4 is 17.9 Å². The molecule has 0 aliphatic rings. The molecule has 0 heterocycles. The molecule has 58 heavy (non-hydrogen) atoms. The summed E-state index contributed by atoms with van der Waals surface area (Å²) in [6.07, 6.45) is 53.1. The van der Waals surface area contributed by atoms with Crippen LogP contribution in [0.15, 0.2) is 24.3 Å². The third-order valence-corrected chi connectivity index (χ3v) is 11.2. The highest BCUT2D eigenvalue weighted by molar-refractivity contribution is 5.71. The lowest BCUT2D eigenvalue weighted by atomic mass is 10.0. The van der Waals surface area contributed by atoms with E-state index in [-0.39, 0.29) is 31.1 Å². The van der Waals surface area contributed by atoms with Crippen LogP contribution >= 0.6 is 0 Å². The van der Waals surface area contributed by atoms with Crippen molar-refractivity contribution in [1.82, 2.24) is 0 Å². The fourth-order valence-corrected chi connectivity index (χ4v) is 7.36. The summed E-state index contributed by atoms with van der Waals surface area (Å²) in [5.74, 6) is -0.878. The molecule has 0 saturated heterocycles. The maximum Gasteiger partial charge on any atom is 0.306 e. The van der Waals surface area contributed by atoms with E-state index in [1.54, 1.807) is 0 Å². The quantitative estimate of drug-likeness (QED) is 0.0263. The zero-order chi connectivity index (χ0) is 42.3. The van der Waals surface area contributed by atoms with Gasteiger partial charge < -0.3 is 14.2 Å². The molecular weight excluding hydrogens is 721 g/mol. The van der Waals surface area contributed by atoms with Gasteiger partial charge in [-0.25, -0.2) is 0 Å². The first kappa shape index (κ1) is 55.9. The van der Waals surface area contributed by atoms with E-state index in [9.17, 15) is 14.4 Å². The summed E-state index contributed by atoms with van der Waals surface area (Å²) in [6.45, 7) is 6.57. The van der Waals surface area contributed by atoms with E-state index in [0.29, 0.717) is 19.3 Å². The summed E-state index contributed by atoms with van der Waals surface area (Å²) in [5.41, 5.74) is 0. The number of hydrogen-bond acceptors (Lipinski definition) is 6. The van der Waals surface area contributed by atoms with Crippen molar-refractivity contribution in [1.29, 1.82) is 0 Å². The lowest BCUT2D eigenvalue weighted by Crippen LogP contribution is -2.30. The van der Waals surface area contributed by atoms with Gasteiger partial charge in [-0.1, -0.05) is 231 Å². The van der Waals surface area contributed by atoms with Crippen LogP contribution in [0.5, 0.6) is 0 Å². The fourth-order valence-electron chi connectivity index (χ4n) is 7.36. The minimum atomic E-state index is -0.771. The van der Waals surface area contributed by atoms with Gasteiger partial charge in [0.25, 0.3) is 0 Å². The SMILES string of the molecule is CCC/C=C\C/C=C\CCCCCCCC(=O)OC(COC(=O)CCCCCCCCCCC)COC(=O)CCCCCCCCCCCCCCCCCCCC. The molecule has 0 aliphatic carbocycles. The first-order valence-corrected chi connectivity index (χ1v) is 25.3. The van der Waals surface area contributed by atoms with Crippen LogP contribution in [0, 0.1) is 0 Å². The van der Waals surface area contributed by atoms with E-state index in [1.807, 2.05) is 0 Å². The smallest absolute Gasteiger partial charge is 0.306 e. The highest BCUT2D eigenvalue weighted by atomic mass is 16.6. The molecule has 0 aromatic carbocycles. The van der Waals surface area contributed by atoms with Crippen LogP contribution in [0.3, 0.4) is 0 Å². The van der Waals surface area contributed by atoms with Crippen LogP contribution < -0.4 is 0 Å². The number of esters is 3. The topological polar surface area (TPSA) is 78.9 Å². The normalized spacial score (nSPS) is 12.1. The molecule has 0 saturated carbocycles. The van der Waals surface area contributed by atoms with Crippen LogP contribution in [0.2, 0.25) is 0 Å². The average molecular weight is 817 g/mol. The van der Waals surface area contributed by atoms with Crippen LogP contribution in [-0.4, -0.2) is 37.2 Å². The van der Waals surface area contributed by atoms with Crippen molar-refractivity contribution in [2.45, 2.75) is 277 Å². The van der Waals surface area contributed by atoms with Gasteiger partial charge in [0.15, 0.2) is 6.10 Å². The Morgan fingerprint density at radius 2 is 0.655 bits per heavy atom. The number of carbonyl (C=O) groups excluding carboxylic acids is 3. The standard InChI is InChI=1S/C52H96O6/c1-4-7-10-13-16-19-21-23-24-25-26-27-29-30-33-36-39-42-45-51(54)57-48-49(47-56-50(53)44-41-38-35-32-18-15-12-9-6-3)58-52(55)46-43-40-37-34-31-28-22-20-17-14-11-8-5-2/h11,14,20,22,49H,4-10,12-13,15-19,21,23-48H2,1-3H3/b14-11-,22-20-. The number of unbranched alkanes of at least 4 members (excludes halogenated alkanes) is 31. The van der Waals surface area contributed by atoms with Gasteiger partial charge in [-0.3, -0.25) is 14.4 Å². The van der Waals surface area contributed by atoms with Gasteiger partial charge in [0.2, 0.25) is 0 Å². The molecule has 0 aromatic heterocycles. The number of allylic oxidation sites excluding steroid dienone is 4. The Bertz CT molecular complexity index is 942. The Balaban J connectivity index is 4.27. The molecule has 6 nitrogen and oxygen atoms in total. The van der Waals surface area contributed by atoms with Gasteiger partial charge >= 0.3 is 17.9 Å². The largest absolute Gasteiger partial charge is 0.462 e. The van der Waals surface area contributed by atoms with Crippen LogP contribution in [0.1, 0.15) is 271 Å². The van der Waals surface area contributed by atoms with E-state index in [2.05, 4.69) is 45.1 Å². The summed E-state index contributed by atoms with van der Waals surface area (Å²) in [4.78, 5) is 37.8. The van der Waals surface area contributed by atoms with E-state index in [1.165, 1.54) is 141 Å². The molecule has 0 bridgehead atoms. The third-order valence-electron chi connectivity index (χ3n) is 11.2. The third kappa shape index (κ3) is 45.0. The van der Waals surface area contributed by atoms with Gasteiger partial charge in [-0.2, -0.15) is 0 Å². The van der Waals surface area contributed by atoms with Gasteiger partial charge in [-0.05, 0) is 44.9 Å². The van der Waals surface area contributed by atoms with Crippen molar-refractivity contribution in [2.75, 3.05) is 13.2 Å². The van der Waals surface area contributed by atoms with E-state index in [4.69, 9.17) is 14.2 Å². The van der Waals surface area contributed by atoms with Crippen LogP contribution in [0.4, 0.5) is 0 Å². The molecule has 1 atom stereocenters. The highest BCUT2D eigenvalue weighted by Crippen LogP contribution is 2.16. The van der Waals surface area contributed by atoms with Gasteiger partial charge in [0.1, 0.15) is 13.2 Å². The summed E-state index contributed by atoms with van der Waals surface area (Å²) >= 11 is 0. The van der Waals surface area contributed by atoms with E-state index < -0.39 is 6.10 Å². The zero-order valence-corrected chi connectivity index (χ0v) is 38.8. The highest BCUT2D eigenvalue weighted by Gasteiger charge is 2.19. The van der Waals surface area contributed by atoms with Gasteiger partial charge in [0.05, 0.1) is 0 Å². The first-order chi connectivity index (χ1) is 28.5. The number of carbonyl (C=O) groups is 3. The van der Waals surface area contributed by atoms with Crippen molar-refractivity contribution in [3.05, 3.63) is 24.3 Å². The molecule has 6 heteroatoms. The number of hydrogen-bond donors (Lipinski definition) is 0. The molecule has 0 aliphatic heterocycles. The Morgan fingerprint density at radius 3 is 1.02 bits per heavy atom. The maximum atomic E-state index is 12.7. The maximum absolute atomic E-state index is 12.7. The Labute approximate surface area is 360 Å². The number of ether oxygens (including phenoxy) is 3. The second-order valence-electron chi connectivity index (χ2n) is 17.1. The first-order valence-electron chi connectivity index (χ1n) is 25.3. The summed E-state index contributed by atoms with van der Waals surface area (Å²) < 4.78 is 16.7. The molecule has 0 rings (SSSR count). The molecule has 0 radical (unpaired) electrons. The molecule has 340 valence electrons. The summed E-state index contributed by atoms with van der Waals surface area (Å²) in [5, 5.41) is 0. The predicted octanol–water partition coefficient (Wildman–Crippen LogP) is 16.4. The van der Waals surface area contributed by atoms with E-state index in [0.717, 1.165) is 89.9 Å². The van der Waals surface area contributed by atoms with Crippen molar-refractivity contribution in [3.63, 3.8) is 0 Å². The molecule has 0 fully saturated rings. The Morgan fingerprint density at radius 1 is 0.345 bits per heavy atom. The minimum Gasteiger partial charge on any atom is -0.462 e. The summed E-state index contributed by atoms with van der Waals surface area (Å²) in [7, 11) is 0. The second-order valence-corrected chi connectivity index (χ2v) is 17.1. The monoisotopic (exact) mass is 817 g/mol. The van der Waals surface area contributed by atoms with Crippen molar-refractivity contribution in [2.24, 2.45) is 0 Å². The molecule has 0 N–H and O–H groups in total. The molecule has 0 amide bonds. The lowest BCUT2D eigenvalue weighted by Gasteiger charge is -2.18. The minimum absolute atomic E-state index is 0.0726. The van der Waals surface area contributed by atoms with Gasteiger partial charge in [-0.15, -0.1) is 0 Å². The zero-order valence-electron chi connectivity index (χ0n) is 38.8. The lowest BCUT2D eigenvalue weighted by molar-refractivity contribution is -0.167. The van der Waals surface area contributed by atoms with Crippen LogP contribution in [0.25, 0.3) is 0 Å².